The Hall–Kier alpha value is -1.83. The minimum atomic E-state index is -0.815. The summed E-state index contributed by atoms with van der Waals surface area (Å²) in [7, 11) is 0. The lowest BCUT2D eigenvalue weighted by atomic mass is 10.1. The topological polar surface area (TPSA) is 131 Å². The van der Waals surface area contributed by atoms with Crippen LogP contribution in [0.2, 0.25) is 0 Å². The minimum Gasteiger partial charge on any atom is -0.481 e. The second kappa shape index (κ2) is 7.57. The molecule has 0 spiro atoms. The number of carboxylic acid groups (broad SMARTS) is 1. The summed E-state index contributed by atoms with van der Waals surface area (Å²) in [5.41, 5.74) is 4.87. The molecule has 3 amide bonds. The van der Waals surface area contributed by atoms with Crippen LogP contribution >= 0.6 is 0 Å². The predicted molar refractivity (Wildman–Crippen MR) is 65.3 cm³/mol. The Kier molecular flexibility index (Phi) is 6.07. The second-order valence-electron chi connectivity index (χ2n) is 4.46. The van der Waals surface area contributed by atoms with Gasteiger partial charge in [-0.1, -0.05) is 0 Å². The SMILES string of the molecule is NC(=O)COCCNC(=O)N[C@H]1CC[C@@H](C(=O)O)C1. The summed E-state index contributed by atoms with van der Waals surface area (Å²) in [5, 5.41) is 14.1. The van der Waals surface area contributed by atoms with E-state index in [0.717, 1.165) is 0 Å². The van der Waals surface area contributed by atoms with E-state index in [-0.39, 0.29) is 37.7 Å². The summed E-state index contributed by atoms with van der Waals surface area (Å²) in [6.07, 6.45) is 1.71. The molecule has 1 saturated carbocycles. The Bertz CT molecular complexity index is 347. The quantitative estimate of drug-likeness (QED) is 0.444. The van der Waals surface area contributed by atoms with Crippen molar-refractivity contribution < 1.29 is 24.2 Å². The van der Waals surface area contributed by atoms with Crippen LogP contribution in [0.5, 0.6) is 0 Å². The zero-order valence-corrected chi connectivity index (χ0v) is 10.6. The van der Waals surface area contributed by atoms with Gasteiger partial charge in [-0.2, -0.15) is 0 Å². The van der Waals surface area contributed by atoms with Crippen molar-refractivity contribution in [3.63, 3.8) is 0 Å². The predicted octanol–water partition coefficient (Wildman–Crippen LogP) is -0.959. The average Bonchev–Trinajstić information content (AvgIpc) is 2.76. The van der Waals surface area contributed by atoms with E-state index in [0.29, 0.717) is 19.3 Å². The summed E-state index contributed by atoms with van der Waals surface area (Å²) in [6, 6.07) is -0.466. The van der Waals surface area contributed by atoms with E-state index in [1.807, 2.05) is 0 Å². The van der Waals surface area contributed by atoms with Gasteiger partial charge < -0.3 is 26.2 Å². The number of hydrogen-bond acceptors (Lipinski definition) is 4. The van der Waals surface area contributed by atoms with E-state index in [4.69, 9.17) is 15.6 Å². The molecule has 1 fully saturated rings. The number of hydrogen-bond donors (Lipinski definition) is 4. The molecule has 19 heavy (non-hydrogen) atoms. The highest BCUT2D eigenvalue weighted by Gasteiger charge is 2.30. The number of rotatable bonds is 7. The first-order chi connectivity index (χ1) is 8.99. The van der Waals surface area contributed by atoms with Gasteiger partial charge >= 0.3 is 12.0 Å². The Morgan fingerprint density at radius 3 is 2.63 bits per heavy atom. The van der Waals surface area contributed by atoms with Crippen LogP contribution in [0.15, 0.2) is 0 Å². The fraction of sp³-hybridized carbons (Fsp3) is 0.727. The van der Waals surface area contributed by atoms with E-state index < -0.39 is 11.9 Å². The molecule has 0 aromatic carbocycles. The molecule has 1 aliphatic rings. The van der Waals surface area contributed by atoms with E-state index in [9.17, 15) is 14.4 Å². The third-order valence-corrected chi connectivity index (χ3v) is 2.89. The lowest BCUT2D eigenvalue weighted by molar-refractivity contribution is -0.141. The number of carbonyl (C=O) groups is 3. The van der Waals surface area contributed by atoms with Crippen molar-refractivity contribution in [3.8, 4) is 0 Å². The van der Waals surface area contributed by atoms with E-state index in [2.05, 4.69) is 10.6 Å². The van der Waals surface area contributed by atoms with Crippen molar-refractivity contribution in [2.75, 3.05) is 19.8 Å². The van der Waals surface area contributed by atoms with E-state index in [1.165, 1.54) is 0 Å². The van der Waals surface area contributed by atoms with Gasteiger partial charge in [-0.25, -0.2) is 4.79 Å². The fourth-order valence-corrected chi connectivity index (χ4v) is 1.98. The number of primary amides is 1. The summed E-state index contributed by atoms with van der Waals surface area (Å²) in [4.78, 5) is 32.6. The highest BCUT2D eigenvalue weighted by atomic mass is 16.5. The van der Waals surface area contributed by atoms with Crippen molar-refractivity contribution in [2.45, 2.75) is 25.3 Å². The number of nitrogens with one attached hydrogen (secondary N) is 2. The first-order valence-corrected chi connectivity index (χ1v) is 6.12. The Morgan fingerprint density at radius 1 is 1.32 bits per heavy atom. The van der Waals surface area contributed by atoms with Gasteiger partial charge in [0.15, 0.2) is 0 Å². The number of carbonyl (C=O) groups excluding carboxylic acids is 2. The van der Waals surface area contributed by atoms with Crippen LogP contribution in [0.4, 0.5) is 4.79 Å². The number of carboxylic acids is 1. The summed E-state index contributed by atoms with van der Waals surface area (Å²) >= 11 is 0. The van der Waals surface area contributed by atoms with Gasteiger partial charge in [0.1, 0.15) is 6.61 Å². The maximum atomic E-state index is 11.5. The van der Waals surface area contributed by atoms with Gasteiger partial charge in [-0.3, -0.25) is 9.59 Å². The van der Waals surface area contributed by atoms with Crippen molar-refractivity contribution in [1.29, 1.82) is 0 Å². The molecule has 0 bridgehead atoms. The van der Waals surface area contributed by atoms with Gasteiger partial charge in [0.05, 0.1) is 12.5 Å². The van der Waals surface area contributed by atoms with Gasteiger partial charge in [0.2, 0.25) is 5.91 Å². The molecule has 0 radical (unpaired) electrons. The highest BCUT2D eigenvalue weighted by Crippen LogP contribution is 2.25. The standard InChI is InChI=1S/C11H19N3O5/c12-9(15)6-19-4-3-13-11(18)14-8-2-1-7(5-8)10(16)17/h7-8H,1-6H2,(H2,12,15)(H,16,17)(H2,13,14,18)/t7-,8+/m1/s1. The van der Waals surface area contributed by atoms with Gasteiger partial charge in [0.25, 0.3) is 0 Å². The smallest absolute Gasteiger partial charge is 0.315 e. The summed E-state index contributed by atoms with van der Waals surface area (Å²) in [5.74, 6) is -1.75. The molecule has 8 heteroatoms. The molecular formula is C11H19N3O5. The van der Waals surface area contributed by atoms with E-state index in [1.54, 1.807) is 0 Å². The highest BCUT2D eigenvalue weighted by molar-refractivity contribution is 5.75. The maximum absolute atomic E-state index is 11.5. The zero-order valence-electron chi connectivity index (χ0n) is 10.6. The van der Waals surface area contributed by atoms with E-state index >= 15 is 0 Å². The molecular weight excluding hydrogens is 254 g/mol. The molecule has 8 nitrogen and oxygen atoms in total. The Morgan fingerprint density at radius 2 is 2.05 bits per heavy atom. The molecule has 1 aliphatic carbocycles. The molecule has 1 rings (SSSR count). The first kappa shape index (κ1) is 15.2. The molecule has 0 aliphatic heterocycles. The third-order valence-electron chi connectivity index (χ3n) is 2.89. The van der Waals surface area contributed by atoms with Crippen LogP contribution in [0.1, 0.15) is 19.3 Å². The van der Waals surface area contributed by atoms with Crippen molar-refractivity contribution in [1.82, 2.24) is 10.6 Å². The first-order valence-electron chi connectivity index (χ1n) is 6.12. The maximum Gasteiger partial charge on any atom is 0.315 e. The number of aliphatic carboxylic acids is 1. The lowest BCUT2D eigenvalue weighted by Crippen LogP contribution is -2.42. The second-order valence-corrected chi connectivity index (χ2v) is 4.46. The number of ether oxygens (including phenoxy) is 1. The van der Waals surface area contributed by atoms with Crippen LogP contribution in [0.3, 0.4) is 0 Å². The van der Waals surface area contributed by atoms with Crippen LogP contribution < -0.4 is 16.4 Å². The molecule has 0 saturated heterocycles. The molecule has 108 valence electrons. The largest absolute Gasteiger partial charge is 0.481 e. The summed E-state index contributed by atoms with van der Waals surface area (Å²) < 4.78 is 4.87. The molecule has 0 aromatic heterocycles. The molecule has 0 unspecified atom stereocenters. The third kappa shape index (κ3) is 6.05. The van der Waals surface area contributed by atoms with Crippen molar-refractivity contribution in [2.24, 2.45) is 11.7 Å². The molecule has 5 N–H and O–H groups in total. The number of urea groups is 1. The molecule has 2 atom stereocenters. The van der Waals surface area contributed by atoms with Crippen LogP contribution in [0, 0.1) is 5.92 Å². The fourth-order valence-electron chi connectivity index (χ4n) is 1.98. The summed E-state index contributed by atoms with van der Waals surface area (Å²) in [6.45, 7) is 0.277. The molecule has 0 heterocycles. The monoisotopic (exact) mass is 273 g/mol. The van der Waals surface area contributed by atoms with Crippen molar-refractivity contribution >= 4 is 17.9 Å². The number of nitrogens with two attached hydrogens (primary N) is 1. The van der Waals surface area contributed by atoms with Crippen LogP contribution in [-0.2, 0) is 14.3 Å². The van der Waals surface area contributed by atoms with Crippen LogP contribution in [-0.4, -0.2) is 48.8 Å². The van der Waals surface area contributed by atoms with Crippen LogP contribution in [0.25, 0.3) is 0 Å². The lowest BCUT2D eigenvalue weighted by Gasteiger charge is -2.13. The Balaban J connectivity index is 2.08. The average molecular weight is 273 g/mol. The zero-order chi connectivity index (χ0) is 14.3. The minimum absolute atomic E-state index is 0.104. The van der Waals surface area contributed by atoms with Gasteiger partial charge in [-0.05, 0) is 19.3 Å². The Labute approximate surface area is 110 Å². The van der Waals surface area contributed by atoms with Crippen molar-refractivity contribution in [3.05, 3.63) is 0 Å². The normalized spacial score (nSPS) is 21.9. The van der Waals surface area contributed by atoms with Gasteiger partial charge in [-0.15, -0.1) is 0 Å². The number of amides is 3. The molecule has 0 aromatic rings. The van der Waals surface area contributed by atoms with Gasteiger partial charge in [0, 0.05) is 12.6 Å².